The van der Waals surface area contributed by atoms with Crippen LogP contribution in [0.5, 0.6) is 23.0 Å². The first kappa shape index (κ1) is 115. The van der Waals surface area contributed by atoms with Gasteiger partial charge in [-0.1, -0.05) is 119 Å². The summed E-state index contributed by atoms with van der Waals surface area (Å²) in [5.74, 6) is -0.986. The number of benzene rings is 6. The third-order valence-corrected chi connectivity index (χ3v) is 20.4. The minimum atomic E-state index is -0.635. The van der Waals surface area contributed by atoms with E-state index in [4.69, 9.17) is 88.7 Å². The molecule has 0 atom stereocenters. The maximum atomic E-state index is 12.8. The number of aromatic nitrogens is 4. The van der Waals surface area contributed by atoms with Gasteiger partial charge in [0.2, 0.25) is 23.0 Å². The summed E-state index contributed by atoms with van der Waals surface area (Å²) in [6, 6.07) is 32.8. The Kier molecular flexibility index (Phi) is 53.3. The number of carbonyl (C=O) groups is 8. The summed E-state index contributed by atoms with van der Waals surface area (Å²) < 4.78 is 41.3. The molecule has 12 rings (SSSR count). The van der Waals surface area contributed by atoms with Crippen molar-refractivity contribution < 1.29 is 96.2 Å². The van der Waals surface area contributed by atoms with Crippen LogP contribution < -0.4 is 51.3 Å². The number of ether oxygens (including phenoxy) is 8. The predicted octanol–water partition coefficient (Wildman–Crippen LogP) is 12.2. The van der Waals surface area contributed by atoms with Gasteiger partial charge in [0.1, 0.15) is 22.3 Å². The van der Waals surface area contributed by atoms with Crippen LogP contribution in [0.4, 0.5) is 45.6 Å². The lowest BCUT2D eigenvalue weighted by atomic mass is 9.98. The Hall–Kier alpha value is -12.7. The smallest absolute Gasteiger partial charge is 0.312 e. The fourth-order valence-electron chi connectivity index (χ4n) is 12.4. The lowest BCUT2D eigenvalue weighted by Crippen LogP contribution is -2.36. The molecular formula is C94H117BrCl3N17O22. The number of nitro groups is 2. The number of nitro benzene ring substituents is 2. The molecule has 39 nitrogen and oxygen atoms in total. The van der Waals surface area contributed by atoms with E-state index in [0.717, 1.165) is 116 Å². The molecule has 0 radical (unpaired) electrons. The molecule has 43 heteroatoms. The summed E-state index contributed by atoms with van der Waals surface area (Å²) in [6.07, 6.45) is 16.8. The second-order valence-corrected chi connectivity index (χ2v) is 31.2. The number of nitrogens with one attached hydrogen (secondary N) is 5. The average molecular weight is 2020 g/mol. The summed E-state index contributed by atoms with van der Waals surface area (Å²) in [6.45, 7) is 17.7. The van der Waals surface area contributed by atoms with Crippen molar-refractivity contribution in [1.82, 2.24) is 49.8 Å². The van der Waals surface area contributed by atoms with Crippen LogP contribution in [0.1, 0.15) is 63.3 Å². The topological polar surface area (TPSA) is 480 Å². The molecule has 6 aromatic carbocycles. The zero-order valence-electron chi connectivity index (χ0n) is 76.8. The van der Waals surface area contributed by atoms with Gasteiger partial charge in [-0.3, -0.25) is 78.5 Å². The third-order valence-electron chi connectivity index (χ3n) is 19.3. The van der Waals surface area contributed by atoms with Crippen LogP contribution in [-0.2, 0) is 71.9 Å². The Morgan fingerprint density at radius 3 is 1.42 bits per heavy atom. The van der Waals surface area contributed by atoms with Gasteiger partial charge in [0.15, 0.2) is 23.1 Å². The van der Waals surface area contributed by atoms with Gasteiger partial charge < -0.3 is 80.0 Å². The Morgan fingerprint density at radius 1 is 0.540 bits per heavy atom. The van der Waals surface area contributed by atoms with Crippen LogP contribution in [-0.4, -0.2) is 300 Å². The van der Waals surface area contributed by atoms with Crippen LogP contribution in [0.25, 0.3) is 0 Å². The number of alkyl halides is 1. The Labute approximate surface area is 818 Å². The number of nitrogens with two attached hydrogens (primary N) is 1. The fourth-order valence-corrected chi connectivity index (χ4v) is 13.0. The molecule has 0 bridgehead atoms. The zero-order chi connectivity index (χ0) is 99.3. The molecule has 0 saturated carbocycles. The number of morpholine rings is 4. The normalized spacial score (nSPS) is 13.5. The van der Waals surface area contributed by atoms with Gasteiger partial charge in [-0.15, -0.1) is 0 Å². The molecule has 0 spiro atoms. The molecule has 0 unspecified atom stereocenters. The highest BCUT2D eigenvalue weighted by molar-refractivity contribution is 9.09. The highest BCUT2D eigenvalue weighted by Gasteiger charge is 2.26. The molecule has 5 amide bonds. The summed E-state index contributed by atoms with van der Waals surface area (Å²) in [7, 11) is 12.0. The van der Waals surface area contributed by atoms with E-state index in [0.29, 0.717) is 106 Å². The minimum Gasteiger partial charge on any atom is -0.496 e. The van der Waals surface area contributed by atoms with Crippen LogP contribution in [0.15, 0.2) is 182 Å². The molecule has 4 aliphatic rings. The maximum absolute atomic E-state index is 12.8. The molecule has 2 aromatic heterocycles. The molecule has 4 saturated heterocycles. The first-order valence-corrected chi connectivity index (χ1v) is 44.7. The van der Waals surface area contributed by atoms with Gasteiger partial charge in [0.25, 0.3) is 23.4 Å². The number of Topliss-reactive ketones (excluding diaryl/α,β-unsaturated/α-hetero) is 2. The number of hydrogen-bond acceptors (Lipinski definition) is 32. The first-order valence-electron chi connectivity index (χ1n) is 42.4. The molecule has 137 heavy (non-hydrogen) atoms. The molecule has 8 N–H and O–H groups in total. The van der Waals surface area contributed by atoms with Crippen LogP contribution in [0.3, 0.4) is 0 Å². The molecule has 4 fully saturated rings. The zero-order valence-corrected chi connectivity index (χ0v) is 80.7. The highest BCUT2D eigenvalue weighted by Crippen LogP contribution is 2.33. The van der Waals surface area contributed by atoms with Gasteiger partial charge in [0.05, 0.1) is 132 Å². The number of allylic oxidation sites excluding steroid dienone is 2. The second kappa shape index (κ2) is 63.6. The van der Waals surface area contributed by atoms with Gasteiger partial charge in [-0.05, 0) is 96.4 Å². The van der Waals surface area contributed by atoms with Crippen molar-refractivity contribution in [1.29, 1.82) is 0 Å². The largest absolute Gasteiger partial charge is 0.496 e. The number of methoxy groups -OCH3 is 4. The molecule has 6 heterocycles. The number of nitrogens with zero attached hydrogens (tertiary/aromatic N) is 11. The van der Waals surface area contributed by atoms with E-state index in [-0.39, 0.29) is 88.3 Å². The summed E-state index contributed by atoms with van der Waals surface area (Å²) in [5.41, 5.74) is 11.0. The molecule has 4 aliphatic heterocycles. The SMILES string of the molecule is C.C1COCCN1.CCOO.CN(C)C(=O)C(=O)c1ccccc1Nc1nc(Cl)ncc1Cl.COc1ccc(CC(=O)/C=C/CN2CCOCC2)cc1Cc1ncc(Cl)c(Cc2ccccc2C(=O)C(=O)N(C)C)n1.COc1ccc(NC(=O)/C=C/CBr)cc1[N+](=O)[O-].COc1ccc(NC(=O)/C=C/CN2CCOCC2)cc1N.COc1ccc(NC(=O)/C=C/CN2CCOCC2)cc1[N+](=O)[O-]. The number of para-hydroxylation sites is 1. The highest BCUT2D eigenvalue weighted by atomic mass is 79.9. The quantitative estimate of drug-likeness (QED) is 0.00231. The van der Waals surface area contributed by atoms with Crippen molar-refractivity contribution in [2.24, 2.45) is 0 Å². The maximum Gasteiger partial charge on any atom is 0.312 e. The Morgan fingerprint density at radius 2 is 0.971 bits per heavy atom. The summed E-state index contributed by atoms with van der Waals surface area (Å²) in [5, 5.41) is 44.2. The van der Waals surface area contributed by atoms with E-state index in [1.807, 2.05) is 30.4 Å². The number of halogens is 4. The number of hydrogen-bond donors (Lipinski definition) is 7. The van der Waals surface area contributed by atoms with E-state index in [9.17, 15) is 58.6 Å². The summed E-state index contributed by atoms with van der Waals surface area (Å²) >= 11 is 21.3. The minimum absolute atomic E-state index is 0. The van der Waals surface area contributed by atoms with Gasteiger partial charge in [-0.25, -0.2) is 19.8 Å². The number of nitrogen functional groups attached to an aromatic ring is 1. The first-order chi connectivity index (χ1) is 65.4. The molecule has 738 valence electrons. The van der Waals surface area contributed by atoms with Crippen molar-refractivity contribution in [2.45, 2.75) is 33.6 Å². The van der Waals surface area contributed by atoms with Crippen molar-refractivity contribution in [2.75, 3.05) is 220 Å². The van der Waals surface area contributed by atoms with Crippen LogP contribution in [0.2, 0.25) is 15.3 Å². The lowest BCUT2D eigenvalue weighted by Gasteiger charge is -2.25. The Bertz CT molecular complexity index is 5370. The summed E-state index contributed by atoms with van der Waals surface area (Å²) in [4.78, 5) is 147. The number of ketones is 3. The lowest BCUT2D eigenvalue weighted by molar-refractivity contribution is -0.385. The van der Waals surface area contributed by atoms with Crippen LogP contribution >= 0.6 is 50.7 Å². The average Bonchev–Trinajstić information content (AvgIpc) is 0.791. The third kappa shape index (κ3) is 41.8. The second-order valence-electron chi connectivity index (χ2n) is 29.4. The van der Waals surface area contributed by atoms with Gasteiger partial charge >= 0.3 is 11.4 Å². The van der Waals surface area contributed by atoms with Crippen molar-refractivity contribution >= 4 is 143 Å². The number of rotatable bonds is 33. The standard InChI is InChI=1S/C32H35ClN4O5.C15H19N3O5.C15H21N3O3.C14H12Cl2N4O2.C11H11BrN2O4.C4H9NO.C2H6O2.CH4/c1-36(2)32(40)31(39)26-9-5-4-7-23(26)19-28-27(33)21-34-30(35-28)20-24-17-22(10-11-29(24)41-3)18-25(38)8-6-12-37-13-15-42-16-14-37;1-22-14-5-4-12(11-13(14)18(20)21)16-15(19)3-2-6-17-7-9-23-10-8-17;1-20-14-5-4-12(11-13(14)16)17-15(19)3-2-6-18-7-9-21-10-8-18;1-20(2)13(22)11(21)8-5-3-4-6-10(8)18-12-9(15)7-17-14(16)19-12;1-18-10-5-4-8(7-9(10)14(16)17)13-11(15)3-2-6-12;1-3-6-4-2-5-1;1-2-4-3;/h4-11,17,21H,12-16,18-20H2,1-3H3;2-5,11H,6-10H2,1H3,(H,16,19);2-5,11H,6-10,16H2,1H3,(H,17,19);3-7H,1-2H3,(H,17,18,19);2-5,7H,6H2,1H3,(H,13,15);5H,1-4H2;3H,2H2,1H3;1H4/b8-6+;2*3-2+;;3-2+;;;. The molecular weight excluding hydrogens is 1910 g/mol. The number of carbonyl (C=O) groups excluding carboxylic acids is 8. The van der Waals surface area contributed by atoms with E-state index in [1.54, 1.807) is 126 Å². The van der Waals surface area contributed by atoms with E-state index in [2.05, 4.69) is 77.1 Å². The van der Waals surface area contributed by atoms with Gasteiger partial charge in [-0.2, -0.15) is 4.98 Å². The molecule has 0 aliphatic carbocycles. The van der Waals surface area contributed by atoms with Crippen molar-refractivity contribution in [3.8, 4) is 23.0 Å². The number of likely N-dealkylation sites (N-methyl/N-ethyl adjacent to an activating group) is 2. The Balaban J connectivity index is 0.000000304. The number of amides is 5. The number of anilines is 6. The van der Waals surface area contributed by atoms with E-state index >= 15 is 0 Å². The van der Waals surface area contributed by atoms with E-state index < -0.39 is 33.2 Å². The molecule has 8 aromatic rings. The van der Waals surface area contributed by atoms with Crippen LogP contribution in [0, 0.1) is 20.2 Å². The van der Waals surface area contributed by atoms with Crippen molar-refractivity contribution in [3.63, 3.8) is 0 Å². The van der Waals surface area contributed by atoms with Gasteiger partial charge in [0, 0.05) is 190 Å². The van der Waals surface area contributed by atoms with E-state index in [1.165, 1.54) is 99.1 Å². The van der Waals surface area contributed by atoms with Crippen molar-refractivity contribution in [3.05, 3.63) is 257 Å². The monoisotopic (exact) mass is 2020 g/mol. The fraction of sp³-hybridized carbons (Fsp3) is 0.362. The predicted molar refractivity (Wildman–Crippen MR) is 528 cm³/mol.